The summed E-state index contributed by atoms with van der Waals surface area (Å²) >= 11 is 0. The Bertz CT molecular complexity index is 367. The minimum absolute atomic E-state index is 0.139. The van der Waals surface area contributed by atoms with E-state index in [9.17, 15) is 4.79 Å². The van der Waals surface area contributed by atoms with Gasteiger partial charge >= 0.3 is 0 Å². The second-order valence-corrected chi connectivity index (χ2v) is 3.53. The monoisotopic (exact) mass is 194 g/mol. The summed E-state index contributed by atoms with van der Waals surface area (Å²) < 4.78 is 0. The largest absolute Gasteiger partial charge is 0.369 e. The number of piperidine rings is 1. The molecule has 1 saturated heterocycles. The van der Waals surface area contributed by atoms with Crippen molar-refractivity contribution in [3.8, 4) is 0 Å². The molecule has 3 N–H and O–H groups in total. The predicted octanol–water partition coefficient (Wildman–Crippen LogP) is 0.342. The van der Waals surface area contributed by atoms with Crippen molar-refractivity contribution in [1.29, 1.82) is 0 Å². The van der Waals surface area contributed by atoms with Gasteiger partial charge in [0.2, 0.25) is 0 Å². The maximum absolute atomic E-state index is 11.5. The molecule has 0 amide bonds. The standard InChI is InChI=1S/C9H14N4O/c10-9-11-6-7(8(14)12-9)13-4-2-1-3-5-13/h6H,1-5H2,(H3,10,11,12,14). The normalized spacial score (nSPS) is 17.0. The highest BCUT2D eigenvalue weighted by molar-refractivity contribution is 5.43. The number of H-pyrrole nitrogens is 1. The van der Waals surface area contributed by atoms with E-state index in [1.54, 1.807) is 6.20 Å². The average Bonchev–Trinajstić information content (AvgIpc) is 2.19. The SMILES string of the molecule is Nc1ncc(N2CCCCC2)c(=O)[nH]1. The van der Waals surface area contributed by atoms with Gasteiger partial charge in [0.1, 0.15) is 5.69 Å². The lowest BCUT2D eigenvalue weighted by molar-refractivity contribution is 0.575. The summed E-state index contributed by atoms with van der Waals surface area (Å²) in [5.74, 6) is 0.177. The second-order valence-electron chi connectivity index (χ2n) is 3.53. The van der Waals surface area contributed by atoms with E-state index in [0.29, 0.717) is 5.69 Å². The quantitative estimate of drug-likeness (QED) is 0.676. The first-order valence-corrected chi connectivity index (χ1v) is 4.87. The highest BCUT2D eigenvalue weighted by atomic mass is 16.1. The summed E-state index contributed by atoms with van der Waals surface area (Å²) in [6.45, 7) is 1.88. The van der Waals surface area contributed by atoms with E-state index in [0.717, 1.165) is 25.9 Å². The lowest BCUT2D eigenvalue weighted by Crippen LogP contribution is -2.34. The molecule has 0 aliphatic carbocycles. The minimum atomic E-state index is -0.139. The summed E-state index contributed by atoms with van der Waals surface area (Å²) in [6, 6.07) is 0. The molecule has 0 atom stereocenters. The highest BCUT2D eigenvalue weighted by Crippen LogP contribution is 2.14. The molecule has 0 aromatic carbocycles. The molecule has 2 rings (SSSR count). The first kappa shape index (κ1) is 9.05. The molecule has 1 fully saturated rings. The van der Waals surface area contributed by atoms with Gasteiger partial charge in [-0.25, -0.2) is 4.98 Å². The molecule has 0 spiro atoms. The summed E-state index contributed by atoms with van der Waals surface area (Å²) in [5, 5.41) is 0. The summed E-state index contributed by atoms with van der Waals surface area (Å²) in [4.78, 5) is 20.0. The number of anilines is 2. The molecule has 0 unspecified atom stereocenters. The second kappa shape index (κ2) is 3.69. The Morgan fingerprint density at radius 1 is 1.36 bits per heavy atom. The maximum Gasteiger partial charge on any atom is 0.275 e. The van der Waals surface area contributed by atoms with Crippen LogP contribution in [0.5, 0.6) is 0 Å². The van der Waals surface area contributed by atoms with Crippen molar-refractivity contribution in [3.05, 3.63) is 16.6 Å². The topological polar surface area (TPSA) is 75.0 Å². The Kier molecular flexibility index (Phi) is 2.39. The fourth-order valence-electron chi connectivity index (χ4n) is 1.76. The summed E-state index contributed by atoms with van der Waals surface area (Å²) in [6.07, 6.45) is 5.09. The summed E-state index contributed by atoms with van der Waals surface area (Å²) in [5.41, 5.74) is 5.87. The number of rotatable bonds is 1. The fraction of sp³-hybridized carbons (Fsp3) is 0.556. The zero-order chi connectivity index (χ0) is 9.97. The number of nitrogens with two attached hydrogens (primary N) is 1. The van der Waals surface area contributed by atoms with Crippen molar-refractivity contribution in [2.45, 2.75) is 19.3 Å². The average molecular weight is 194 g/mol. The summed E-state index contributed by atoms with van der Waals surface area (Å²) in [7, 11) is 0. The van der Waals surface area contributed by atoms with Gasteiger partial charge in [0.05, 0.1) is 6.20 Å². The van der Waals surface area contributed by atoms with Crippen molar-refractivity contribution in [3.63, 3.8) is 0 Å². The van der Waals surface area contributed by atoms with Crippen LogP contribution in [0, 0.1) is 0 Å². The first-order chi connectivity index (χ1) is 6.77. The van der Waals surface area contributed by atoms with E-state index in [-0.39, 0.29) is 11.5 Å². The number of nitrogens with zero attached hydrogens (tertiary/aromatic N) is 2. The van der Waals surface area contributed by atoms with Crippen LogP contribution >= 0.6 is 0 Å². The minimum Gasteiger partial charge on any atom is -0.369 e. The molecule has 1 aliphatic rings. The Morgan fingerprint density at radius 2 is 2.07 bits per heavy atom. The molecule has 5 nitrogen and oxygen atoms in total. The zero-order valence-electron chi connectivity index (χ0n) is 7.99. The van der Waals surface area contributed by atoms with Crippen LogP contribution in [0.3, 0.4) is 0 Å². The lowest BCUT2D eigenvalue weighted by Gasteiger charge is -2.27. The van der Waals surface area contributed by atoms with Gasteiger partial charge < -0.3 is 10.6 Å². The van der Waals surface area contributed by atoms with Gasteiger partial charge in [-0.1, -0.05) is 0 Å². The Labute approximate surface area is 82.0 Å². The van der Waals surface area contributed by atoms with Crippen molar-refractivity contribution in [1.82, 2.24) is 9.97 Å². The van der Waals surface area contributed by atoms with E-state index in [2.05, 4.69) is 14.9 Å². The molecule has 14 heavy (non-hydrogen) atoms. The number of hydrogen-bond donors (Lipinski definition) is 2. The third-order valence-electron chi connectivity index (χ3n) is 2.50. The van der Waals surface area contributed by atoms with Gasteiger partial charge in [-0.3, -0.25) is 9.78 Å². The van der Waals surface area contributed by atoms with Crippen LogP contribution in [0.4, 0.5) is 11.6 Å². The maximum atomic E-state index is 11.5. The first-order valence-electron chi connectivity index (χ1n) is 4.87. The molecule has 1 aliphatic heterocycles. The molecule has 0 radical (unpaired) electrons. The van der Waals surface area contributed by atoms with Crippen molar-refractivity contribution < 1.29 is 0 Å². The molecule has 0 bridgehead atoms. The number of hydrogen-bond acceptors (Lipinski definition) is 4. The van der Waals surface area contributed by atoms with E-state index in [1.807, 2.05) is 0 Å². The highest BCUT2D eigenvalue weighted by Gasteiger charge is 2.13. The van der Waals surface area contributed by atoms with Gasteiger partial charge in [0.15, 0.2) is 5.95 Å². The van der Waals surface area contributed by atoms with Crippen molar-refractivity contribution in [2.24, 2.45) is 0 Å². The Balaban J connectivity index is 2.26. The van der Waals surface area contributed by atoms with Gasteiger partial charge in [0, 0.05) is 13.1 Å². The van der Waals surface area contributed by atoms with Crippen LogP contribution in [-0.4, -0.2) is 23.1 Å². The molecular weight excluding hydrogens is 180 g/mol. The molecule has 5 heteroatoms. The predicted molar refractivity (Wildman–Crippen MR) is 55.3 cm³/mol. The molecule has 1 aromatic rings. The van der Waals surface area contributed by atoms with Crippen LogP contribution in [-0.2, 0) is 0 Å². The lowest BCUT2D eigenvalue weighted by atomic mass is 10.1. The smallest absolute Gasteiger partial charge is 0.275 e. The molecule has 2 heterocycles. The molecule has 1 aromatic heterocycles. The van der Waals surface area contributed by atoms with Crippen LogP contribution in [0.15, 0.2) is 11.0 Å². The van der Waals surface area contributed by atoms with E-state index in [4.69, 9.17) is 5.73 Å². The fourth-order valence-corrected chi connectivity index (χ4v) is 1.76. The van der Waals surface area contributed by atoms with Crippen molar-refractivity contribution in [2.75, 3.05) is 23.7 Å². The zero-order valence-corrected chi connectivity index (χ0v) is 7.99. The van der Waals surface area contributed by atoms with Crippen LogP contribution in [0.2, 0.25) is 0 Å². The molecular formula is C9H14N4O. The van der Waals surface area contributed by atoms with E-state index >= 15 is 0 Å². The Morgan fingerprint density at radius 3 is 2.71 bits per heavy atom. The van der Waals surface area contributed by atoms with Gasteiger partial charge in [-0.2, -0.15) is 0 Å². The molecule has 76 valence electrons. The third kappa shape index (κ3) is 1.71. The molecule has 0 saturated carbocycles. The Hall–Kier alpha value is -1.52. The van der Waals surface area contributed by atoms with E-state index in [1.165, 1.54) is 6.42 Å². The van der Waals surface area contributed by atoms with Crippen LogP contribution in [0.1, 0.15) is 19.3 Å². The number of nitrogen functional groups attached to an aromatic ring is 1. The van der Waals surface area contributed by atoms with Crippen LogP contribution in [0.25, 0.3) is 0 Å². The van der Waals surface area contributed by atoms with Gasteiger partial charge in [-0.15, -0.1) is 0 Å². The number of nitrogens with one attached hydrogen (secondary N) is 1. The third-order valence-corrected chi connectivity index (χ3v) is 2.50. The van der Waals surface area contributed by atoms with Gasteiger partial charge in [-0.05, 0) is 19.3 Å². The van der Waals surface area contributed by atoms with E-state index < -0.39 is 0 Å². The van der Waals surface area contributed by atoms with Gasteiger partial charge in [0.25, 0.3) is 5.56 Å². The van der Waals surface area contributed by atoms with Crippen LogP contribution < -0.4 is 16.2 Å². The van der Waals surface area contributed by atoms with Crippen molar-refractivity contribution >= 4 is 11.6 Å². The number of aromatic amines is 1. The number of aromatic nitrogens is 2.